The van der Waals surface area contributed by atoms with Crippen LogP contribution in [0.5, 0.6) is 0 Å². The first-order valence-electron chi connectivity index (χ1n) is 5.67. The van der Waals surface area contributed by atoms with Crippen molar-refractivity contribution >= 4 is 28.3 Å². The highest BCUT2D eigenvalue weighted by Gasteiger charge is 2.19. The number of carboxylic acids is 1. The van der Waals surface area contributed by atoms with Crippen LogP contribution in [0.25, 0.3) is 22.1 Å². The highest BCUT2D eigenvalue weighted by molar-refractivity contribution is 6.31. The molecule has 0 fully saturated rings. The maximum Gasteiger partial charge on any atom is 0.372 e. The van der Waals surface area contributed by atoms with Gasteiger partial charge >= 0.3 is 5.97 Å². The lowest BCUT2D eigenvalue weighted by atomic mass is 10.1. The molecule has 1 N–H and O–H groups in total. The Morgan fingerprint density at radius 3 is 2.47 bits per heavy atom. The molecule has 0 spiro atoms. The molecule has 0 saturated carbocycles. The van der Waals surface area contributed by atoms with E-state index in [1.165, 1.54) is 0 Å². The monoisotopic (exact) mass is 272 g/mol. The molecule has 0 radical (unpaired) electrons. The Balaban J connectivity index is 2.36. The summed E-state index contributed by atoms with van der Waals surface area (Å²) in [6.45, 7) is 0. The number of hydrogen-bond acceptors (Lipinski definition) is 2. The molecule has 0 aliphatic heterocycles. The van der Waals surface area contributed by atoms with E-state index in [4.69, 9.17) is 16.0 Å². The van der Waals surface area contributed by atoms with E-state index < -0.39 is 5.97 Å². The number of fused-ring (bicyclic) bond motifs is 1. The van der Waals surface area contributed by atoms with E-state index in [1.54, 1.807) is 18.2 Å². The fraction of sp³-hybridized carbons (Fsp3) is 0. The van der Waals surface area contributed by atoms with Crippen molar-refractivity contribution in [3.05, 3.63) is 59.3 Å². The Kier molecular flexibility index (Phi) is 2.76. The average Bonchev–Trinajstić information content (AvgIpc) is 2.78. The standard InChI is InChI=1S/C15H9ClO3/c16-10-6-7-11-12(8-10)13(19-14(11)15(17)18)9-4-2-1-3-5-9/h1-8H,(H,17,18). The summed E-state index contributed by atoms with van der Waals surface area (Å²) in [5, 5.41) is 11.0. The molecule has 0 amide bonds. The zero-order valence-electron chi connectivity index (χ0n) is 9.76. The average molecular weight is 273 g/mol. The molecule has 0 atom stereocenters. The second-order valence-corrected chi connectivity index (χ2v) is 4.56. The first kappa shape index (κ1) is 11.8. The quantitative estimate of drug-likeness (QED) is 0.750. The molecule has 0 bridgehead atoms. The van der Waals surface area contributed by atoms with Gasteiger partial charge in [-0.15, -0.1) is 0 Å². The number of benzene rings is 2. The van der Waals surface area contributed by atoms with Crippen molar-refractivity contribution in [2.75, 3.05) is 0 Å². The van der Waals surface area contributed by atoms with Crippen LogP contribution in [0, 0.1) is 0 Å². The van der Waals surface area contributed by atoms with Gasteiger partial charge in [-0.2, -0.15) is 0 Å². The van der Waals surface area contributed by atoms with Gasteiger partial charge in [0, 0.05) is 21.4 Å². The molecular formula is C15H9ClO3. The molecule has 1 heterocycles. The molecule has 0 saturated heterocycles. The van der Waals surface area contributed by atoms with Gasteiger partial charge in [0.1, 0.15) is 5.76 Å². The third-order valence-electron chi connectivity index (χ3n) is 2.91. The summed E-state index contributed by atoms with van der Waals surface area (Å²) in [5.74, 6) is -0.629. The molecule has 3 rings (SSSR count). The maximum atomic E-state index is 11.2. The Bertz CT molecular complexity index is 760. The van der Waals surface area contributed by atoms with Crippen LogP contribution in [0.15, 0.2) is 52.9 Å². The highest BCUT2D eigenvalue weighted by atomic mass is 35.5. The Hall–Kier alpha value is -2.26. The molecule has 94 valence electrons. The predicted octanol–water partition coefficient (Wildman–Crippen LogP) is 4.45. The van der Waals surface area contributed by atoms with E-state index >= 15 is 0 Å². The van der Waals surface area contributed by atoms with Crippen molar-refractivity contribution in [1.29, 1.82) is 0 Å². The van der Waals surface area contributed by atoms with Crippen LogP contribution in [0.1, 0.15) is 10.6 Å². The van der Waals surface area contributed by atoms with E-state index in [2.05, 4.69) is 0 Å². The number of carbonyl (C=O) groups is 1. The Labute approximate surface area is 114 Å². The van der Waals surface area contributed by atoms with Gasteiger partial charge in [0.05, 0.1) is 0 Å². The Morgan fingerprint density at radius 1 is 1.05 bits per heavy atom. The molecule has 1 aromatic heterocycles. The zero-order chi connectivity index (χ0) is 13.4. The van der Waals surface area contributed by atoms with E-state index in [9.17, 15) is 9.90 Å². The lowest BCUT2D eigenvalue weighted by molar-refractivity contribution is 0.0666. The van der Waals surface area contributed by atoms with Gasteiger partial charge in [-0.05, 0) is 18.2 Å². The van der Waals surface area contributed by atoms with Gasteiger partial charge in [0.2, 0.25) is 5.76 Å². The topological polar surface area (TPSA) is 50.4 Å². The van der Waals surface area contributed by atoms with Crippen LogP contribution in [-0.4, -0.2) is 11.1 Å². The molecule has 4 heteroatoms. The van der Waals surface area contributed by atoms with Gasteiger partial charge in [0.15, 0.2) is 0 Å². The molecule has 3 nitrogen and oxygen atoms in total. The number of halogens is 1. The van der Waals surface area contributed by atoms with Crippen LogP contribution in [0.2, 0.25) is 5.02 Å². The third-order valence-corrected chi connectivity index (χ3v) is 3.14. The van der Waals surface area contributed by atoms with Crippen molar-refractivity contribution in [2.45, 2.75) is 0 Å². The van der Waals surface area contributed by atoms with Gasteiger partial charge < -0.3 is 9.52 Å². The fourth-order valence-electron chi connectivity index (χ4n) is 2.08. The summed E-state index contributed by atoms with van der Waals surface area (Å²) in [5.41, 5.74) is 0.822. The first-order chi connectivity index (χ1) is 9.16. The second kappa shape index (κ2) is 4.44. The van der Waals surface area contributed by atoms with Gasteiger partial charge in [0.25, 0.3) is 0 Å². The summed E-state index contributed by atoms with van der Waals surface area (Å²) in [4.78, 5) is 11.2. The SMILES string of the molecule is O=C(O)c1oc(-c2ccccc2)c2cc(Cl)ccc12. The first-order valence-corrected chi connectivity index (χ1v) is 6.05. The van der Waals surface area contributed by atoms with Crippen molar-refractivity contribution < 1.29 is 14.3 Å². The van der Waals surface area contributed by atoms with Crippen molar-refractivity contribution in [1.82, 2.24) is 0 Å². The van der Waals surface area contributed by atoms with E-state index in [0.717, 1.165) is 5.56 Å². The van der Waals surface area contributed by atoms with E-state index in [-0.39, 0.29) is 5.76 Å². The second-order valence-electron chi connectivity index (χ2n) is 4.12. The Morgan fingerprint density at radius 2 is 1.79 bits per heavy atom. The minimum absolute atomic E-state index is 0.0643. The van der Waals surface area contributed by atoms with Crippen LogP contribution in [0.4, 0.5) is 0 Å². The maximum absolute atomic E-state index is 11.2. The summed E-state index contributed by atoms with van der Waals surface area (Å²) in [7, 11) is 0. The largest absolute Gasteiger partial charge is 0.475 e. The van der Waals surface area contributed by atoms with Gasteiger partial charge in [-0.1, -0.05) is 41.9 Å². The lowest BCUT2D eigenvalue weighted by Crippen LogP contribution is -1.93. The molecule has 0 unspecified atom stereocenters. The van der Waals surface area contributed by atoms with Crippen molar-refractivity contribution in [3.8, 4) is 11.3 Å². The summed E-state index contributed by atoms with van der Waals surface area (Å²) in [6.07, 6.45) is 0. The number of furan rings is 1. The fourth-order valence-corrected chi connectivity index (χ4v) is 2.25. The van der Waals surface area contributed by atoms with Crippen LogP contribution >= 0.6 is 11.6 Å². The molecule has 0 aliphatic rings. The van der Waals surface area contributed by atoms with Gasteiger partial charge in [-0.25, -0.2) is 4.79 Å². The number of aromatic carboxylic acids is 1. The molecular weight excluding hydrogens is 264 g/mol. The number of carboxylic acid groups (broad SMARTS) is 1. The summed E-state index contributed by atoms with van der Waals surface area (Å²) < 4.78 is 5.51. The molecule has 3 aromatic rings. The predicted molar refractivity (Wildman–Crippen MR) is 73.6 cm³/mol. The number of hydrogen-bond donors (Lipinski definition) is 1. The van der Waals surface area contributed by atoms with E-state index in [0.29, 0.717) is 21.6 Å². The molecule has 2 aromatic carbocycles. The van der Waals surface area contributed by atoms with Gasteiger partial charge in [-0.3, -0.25) is 0 Å². The molecule has 0 aliphatic carbocycles. The van der Waals surface area contributed by atoms with Crippen LogP contribution in [0.3, 0.4) is 0 Å². The smallest absolute Gasteiger partial charge is 0.372 e. The summed E-state index contributed by atoms with van der Waals surface area (Å²) >= 11 is 5.98. The summed E-state index contributed by atoms with van der Waals surface area (Å²) in [6, 6.07) is 14.4. The minimum Gasteiger partial charge on any atom is -0.475 e. The van der Waals surface area contributed by atoms with E-state index in [1.807, 2.05) is 30.3 Å². The lowest BCUT2D eigenvalue weighted by Gasteiger charge is -1.97. The minimum atomic E-state index is -1.09. The zero-order valence-corrected chi connectivity index (χ0v) is 10.5. The number of rotatable bonds is 2. The normalized spacial score (nSPS) is 10.8. The third kappa shape index (κ3) is 1.98. The van der Waals surface area contributed by atoms with Crippen molar-refractivity contribution in [3.63, 3.8) is 0 Å². The van der Waals surface area contributed by atoms with Crippen LogP contribution < -0.4 is 0 Å². The molecule has 19 heavy (non-hydrogen) atoms. The highest BCUT2D eigenvalue weighted by Crippen LogP contribution is 2.35. The van der Waals surface area contributed by atoms with Crippen molar-refractivity contribution in [2.24, 2.45) is 0 Å². The van der Waals surface area contributed by atoms with Crippen LogP contribution in [-0.2, 0) is 0 Å².